The predicted molar refractivity (Wildman–Crippen MR) is 71.4 cm³/mol. The summed E-state index contributed by atoms with van der Waals surface area (Å²) in [5.74, 6) is -0.217. The summed E-state index contributed by atoms with van der Waals surface area (Å²) < 4.78 is 14.6. The highest BCUT2D eigenvalue weighted by Gasteiger charge is 2.10. The lowest BCUT2D eigenvalue weighted by molar-refractivity contribution is 0.630. The third-order valence-electron chi connectivity index (χ3n) is 2.71. The van der Waals surface area contributed by atoms with E-state index in [2.05, 4.69) is 26.2 Å². The Bertz CT molecular complexity index is 534. The molecule has 2 N–H and O–H groups in total. The number of H-pyrrole nitrogens is 1. The van der Waals surface area contributed by atoms with E-state index in [1.54, 1.807) is 12.1 Å². The second-order valence-electron chi connectivity index (χ2n) is 3.99. The minimum absolute atomic E-state index is 0.217. The molecule has 0 bridgehead atoms. The summed E-state index contributed by atoms with van der Waals surface area (Å²) in [6.07, 6.45) is 0. The highest BCUT2D eigenvalue weighted by Crippen LogP contribution is 2.27. The Balaban J connectivity index is 2.45. The zero-order chi connectivity index (χ0) is 12.4. The molecule has 0 aliphatic heterocycles. The van der Waals surface area contributed by atoms with Crippen LogP contribution in [0.4, 0.5) is 4.39 Å². The highest BCUT2D eigenvalue weighted by atomic mass is 79.9. The summed E-state index contributed by atoms with van der Waals surface area (Å²) >= 11 is 3.36. The van der Waals surface area contributed by atoms with E-state index in [0.29, 0.717) is 5.56 Å². The largest absolute Gasteiger partial charge is 0.358 e. The maximum atomic E-state index is 13.7. The Hall–Kier alpha value is -1.13. The summed E-state index contributed by atoms with van der Waals surface area (Å²) in [6.45, 7) is 2.77. The van der Waals surface area contributed by atoms with Crippen molar-refractivity contribution in [2.45, 2.75) is 13.5 Å². The number of rotatable bonds is 3. The second kappa shape index (κ2) is 5.02. The van der Waals surface area contributed by atoms with Crippen molar-refractivity contribution in [2.24, 2.45) is 0 Å². The van der Waals surface area contributed by atoms with Gasteiger partial charge in [-0.25, -0.2) is 4.39 Å². The molecule has 0 spiro atoms. The van der Waals surface area contributed by atoms with Crippen LogP contribution in [0.5, 0.6) is 0 Å². The molecule has 17 heavy (non-hydrogen) atoms. The third kappa shape index (κ3) is 2.58. The van der Waals surface area contributed by atoms with Gasteiger partial charge in [0.1, 0.15) is 5.82 Å². The standard InChI is InChI=1S/C13H14BrFN2/c1-8-9(7-16-2)5-13(17-8)11-6-10(14)3-4-12(11)15/h3-6,16-17H,7H2,1-2H3. The molecule has 0 radical (unpaired) electrons. The third-order valence-corrected chi connectivity index (χ3v) is 3.20. The molecule has 0 aliphatic rings. The molecule has 0 atom stereocenters. The maximum Gasteiger partial charge on any atom is 0.132 e. The van der Waals surface area contributed by atoms with Crippen LogP contribution in [-0.2, 0) is 6.54 Å². The first-order valence-electron chi connectivity index (χ1n) is 5.40. The van der Waals surface area contributed by atoms with Gasteiger partial charge in [0.15, 0.2) is 0 Å². The smallest absolute Gasteiger partial charge is 0.132 e. The number of aromatic nitrogens is 1. The van der Waals surface area contributed by atoms with Gasteiger partial charge in [0, 0.05) is 28.0 Å². The number of aryl methyl sites for hydroxylation is 1. The molecule has 0 amide bonds. The van der Waals surface area contributed by atoms with E-state index in [1.807, 2.05) is 20.0 Å². The molecule has 2 rings (SSSR count). The fourth-order valence-electron chi connectivity index (χ4n) is 1.82. The minimum atomic E-state index is -0.217. The van der Waals surface area contributed by atoms with Crippen molar-refractivity contribution in [2.75, 3.05) is 7.05 Å². The van der Waals surface area contributed by atoms with Crippen molar-refractivity contribution in [1.82, 2.24) is 10.3 Å². The van der Waals surface area contributed by atoms with E-state index in [4.69, 9.17) is 0 Å². The average molecular weight is 297 g/mol. The Morgan fingerprint density at radius 2 is 2.12 bits per heavy atom. The van der Waals surface area contributed by atoms with Crippen LogP contribution in [0, 0.1) is 12.7 Å². The minimum Gasteiger partial charge on any atom is -0.358 e. The van der Waals surface area contributed by atoms with E-state index in [-0.39, 0.29) is 5.82 Å². The van der Waals surface area contributed by atoms with Crippen LogP contribution in [0.25, 0.3) is 11.3 Å². The normalized spacial score (nSPS) is 10.8. The van der Waals surface area contributed by atoms with Gasteiger partial charge >= 0.3 is 0 Å². The van der Waals surface area contributed by atoms with Crippen LogP contribution in [0.3, 0.4) is 0 Å². The summed E-state index contributed by atoms with van der Waals surface area (Å²) in [4.78, 5) is 3.21. The second-order valence-corrected chi connectivity index (χ2v) is 4.90. The predicted octanol–water partition coefficient (Wildman–Crippen LogP) is 3.61. The lowest BCUT2D eigenvalue weighted by atomic mass is 10.1. The molecule has 1 aromatic carbocycles. The van der Waals surface area contributed by atoms with Gasteiger partial charge in [-0.3, -0.25) is 0 Å². The average Bonchev–Trinajstić information content (AvgIpc) is 2.64. The SMILES string of the molecule is CNCc1cc(-c2cc(Br)ccc2F)[nH]c1C. The van der Waals surface area contributed by atoms with Gasteiger partial charge in [0.2, 0.25) is 0 Å². The fraction of sp³-hybridized carbons (Fsp3) is 0.231. The summed E-state index contributed by atoms with van der Waals surface area (Å²) in [5, 5.41) is 3.09. The van der Waals surface area contributed by atoms with Crippen LogP contribution in [0.2, 0.25) is 0 Å². The summed E-state index contributed by atoms with van der Waals surface area (Å²) in [7, 11) is 1.89. The first-order valence-corrected chi connectivity index (χ1v) is 6.19. The fourth-order valence-corrected chi connectivity index (χ4v) is 2.18. The molecule has 2 nitrogen and oxygen atoms in total. The van der Waals surface area contributed by atoms with Crippen LogP contribution in [0.1, 0.15) is 11.3 Å². The highest BCUT2D eigenvalue weighted by molar-refractivity contribution is 9.10. The Morgan fingerprint density at radius 1 is 1.35 bits per heavy atom. The maximum absolute atomic E-state index is 13.7. The van der Waals surface area contributed by atoms with Crippen molar-refractivity contribution in [1.29, 1.82) is 0 Å². The Morgan fingerprint density at radius 3 is 2.82 bits per heavy atom. The number of hydrogen-bond acceptors (Lipinski definition) is 1. The van der Waals surface area contributed by atoms with E-state index in [0.717, 1.165) is 28.0 Å². The number of hydrogen-bond donors (Lipinski definition) is 2. The van der Waals surface area contributed by atoms with Crippen LogP contribution in [-0.4, -0.2) is 12.0 Å². The molecule has 4 heteroatoms. The van der Waals surface area contributed by atoms with Crippen molar-refractivity contribution >= 4 is 15.9 Å². The quantitative estimate of drug-likeness (QED) is 0.890. The van der Waals surface area contributed by atoms with Crippen LogP contribution < -0.4 is 5.32 Å². The lowest BCUT2D eigenvalue weighted by Gasteiger charge is -2.01. The molecular weight excluding hydrogens is 283 g/mol. The first-order chi connectivity index (χ1) is 8.11. The van der Waals surface area contributed by atoms with E-state index in [1.165, 1.54) is 6.07 Å². The van der Waals surface area contributed by atoms with Gasteiger partial charge in [0.25, 0.3) is 0 Å². The molecule has 0 fully saturated rings. The molecule has 0 unspecified atom stereocenters. The Kier molecular flexibility index (Phi) is 3.64. The van der Waals surface area contributed by atoms with Gasteiger partial charge < -0.3 is 10.3 Å². The lowest BCUT2D eigenvalue weighted by Crippen LogP contribution is -2.04. The summed E-state index contributed by atoms with van der Waals surface area (Å²) in [6, 6.07) is 6.93. The zero-order valence-corrected chi connectivity index (χ0v) is 11.4. The molecule has 0 saturated carbocycles. The van der Waals surface area contributed by atoms with E-state index in [9.17, 15) is 4.39 Å². The number of halogens is 2. The van der Waals surface area contributed by atoms with E-state index < -0.39 is 0 Å². The van der Waals surface area contributed by atoms with Gasteiger partial charge in [-0.05, 0) is 43.8 Å². The molecule has 1 aromatic heterocycles. The van der Waals surface area contributed by atoms with Gasteiger partial charge in [-0.15, -0.1) is 0 Å². The topological polar surface area (TPSA) is 27.8 Å². The first kappa shape index (κ1) is 12.3. The van der Waals surface area contributed by atoms with E-state index >= 15 is 0 Å². The monoisotopic (exact) mass is 296 g/mol. The Labute approximate surface area is 108 Å². The van der Waals surface area contributed by atoms with Crippen molar-refractivity contribution in [3.8, 4) is 11.3 Å². The molecule has 0 aliphatic carbocycles. The number of nitrogens with one attached hydrogen (secondary N) is 2. The van der Waals surface area contributed by atoms with Crippen LogP contribution >= 0.6 is 15.9 Å². The summed E-state index contributed by atoms with van der Waals surface area (Å²) in [5.41, 5.74) is 3.62. The van der Waals surface area contributed by atoms with Crippen molar-refractivity contribution in [3.05, 3.63) is 45.8 Å². The van der Waals surface area contributed by atoms with Crippen LogP contribution in [0.15, 0.2) is 28.7 Å². The zero-order valence-electron chi connectivity index (χ0n) is 9.77. The van der Waals surface area contributed by atoms with Crippen molar-refractivity contribution in [3.63, 3.8) is 0 Å². The van der Waals surface area contributed by atoms with Gasteiger partial charge in [-0.1, -0.05) is 15.9 Å². The van der Waals surface area contributed by atoms with Crippen molar-refractivity contribution < 1.29 is 4.39 Å². The number of benzene rings is 1. The van der Waals surface area contributed by atoms with Gasteiger partial charge in [-0.2, -0.15) is 0 Å². The molecule has 0 saturated heterocycles. The van der Waals surface area contributed by atoms with Gasteiger partial charge in [0.05, 0.1) is 0 Å². The molecule has 1 heterocycles. The molecule has 2 aromatic rings. The number of aromatic amines is 1. The molecule has 90 valence electrons. The molecular formula is C13H14BrFN2.